The lowest BCUT2D eigenvalue weighted by Gasteiger charge is -2.14. The number of nitrogens with zero attached hydrogens (tertiary/aromatic N) is 3. The van der Waals surface area contributed by atoms with Crippen molar-refractivity contribution in [3.8, 4) is 5.75 Å². The molecule has 1 aromatic carbocycles. The Morgan fingerprint density at radius 3 is 2.49 bits per heavy atom. The number of carbonyl (C=O) groups excluding carboxylic acids is 2. The van der Waals surface area contributed by atoms with Gasteiger partial charge in [-0.2, -0.15) is 5.10 Å². The zero-order chi connectivity index (χ0) is 27.1. The Hall–Kier alpha value is -3.50. The Bertz CT molecular complexity index is 1350. The van der Waals surface area contributed by atoms with E-state index in [9.17, 15) is 14.4 Å². The monoisotopic (exact) mass is 548 g/mol. The second-order valence-corrected chi connectivity index (χ2v) is 9.21. The van der Waals surface area contributed by atoms with E-state index in [0.29, 0.717) is 45.7 Å². The molecule has 0 unspecified atom stereocenters. The van der Waals surface area contributed by atoms with Crippen molar-refractivity contribution in [2.24, 2.45) is 7.05 Å². The molecule has 12 heteroatoms. The van der Waals surface area contributed by atoms with Gasteiger partial charge >= 0.3 is 0 Å². The van der Waals surface area contributed by atoms with Crippen molar-refractivity contribution >= 4 is 35.0 Å². The van der Waals surface area contributed by atoms with E-state index in [4.69, 9.17) is 27.9 Å². The Kier molecular flexibility index (Phi) is 9.60. The summed E-state index contributed by atoms with van der Waals surface area (Å²) in [6.07, 6.45) is 1.50. The number of amides is 2. The summed E-state index contributed by atoms with van der Waals surface area (Å²) in [4.78, 5) is 37.6. The highest BCUT2D eigenvalue weighted by Gasteiger charge is 2.15. The van der Waals surface area contributed by atoms with Crippen LogP contribution in [-0.2, 0) is 36.1 Å². The molecule has 0 aliphatic rings. The van der Waals surface area contributed by atoms with Gasteiger partial charge in [-0.15, -0.1) is 0 Å². The van der Waals surface area contributed by atoms with Crippen molar-refractivity contribution in [1.29, 1.82) is 0 Å². The first kappa shape index (κ1) is 28.1. The van der Waals surface area contributed by atoms with Crippen LogP contribution >= 0.6 is 23.2 Å². The topological polar surface area (TPSA) is 119 Å². The van der Waals surface area contributed by atoms with Crippen LogP contribution in [0, 0.1) is 13.8 Å². The van der Waals surface area contributed by atoms with Gasteiger partial charge in [-0.05, 0) is 50.6 Å². The van der Waals surface area contributed by atoms with Gasteiger partial charge in [-0.1, -0.05) is 23.2 Å². The van der Waals surface area contributed by atoms with E-state index in [1.165, 1.54) is 4.68 Å². The number of ether oxygens (including phenoxy) is 1. The Morgan fingerprint density at radius 1 is 1.05 bits per heavy atom. The first-order valence-electron chi connectivity index (χ1n) is 11.7. The number of aryl methyl sites for hydroxylation is 3. The molecule has 3 rings (SSSR count). The fraction of sp³-hybridized carbons (Fsp3) is 0.360. The molecule has 0 spiro atoms. The fourth-order valence-corrected chi connectivity index (χ4v) is 4.12. The fourth-order valence-electron chi connectivity index (χ4n) is 3.68. The van der Waals surface area contributed by atoms with Crippen LogP contribution in [0.3, 0.4) is 0 Å². The molecule has 0 saturated heterocycles. The minimum Gasteiger partial charge on any atom is -0.483 e. The average molecular weight is 549 g/mol. The van der Waals surface area contributed by atoms with E-state index in [0.717, 1.165) is 11.3 Å². The third-order valence-corrected chi connectivity index (χ3v) is 6.40. The number of likely N-dealkylation sites (N-methyl/N-ethyl adjacent to an activating group) is 1. The maximum absolute atomic E-state index is 13.1. The van der Waals surface area contributed by atoms with Gasteiger partial charge in [0.25, 0.3) is 11.5 Å². The lowest BCUT2D eigenvalue weighted by molar-refractivity contribution is -0.123. The smallest absolute Gasteiger partial charge is 0.272 e. The molecule has 2 amide bonds. The predicted octanol–water partition coefficient (Wildman–Crippen LogP) is 2.62. The van der Waals surface area contributed by atoms with Gasteiger partial charge in [0.2, 0.25) is 5.91 Å². The molecular formula is C25H30Cl2N6O4. The number of hydrogen-bond acceptors (Lipinski definition) is 6. The Balaban J connectivity index is 1.67. The molecule has 37 heavy (non-hydrogen) atoms. The summed E-state index contributed by atoms with van der Waals surface area (Å²) in [5, 5.41) is 10.7. The molecule has 2 heterocycles. The summed E-state index contributed by atoms with van der Waals surface area (Å²) in [6.45, 7) is 6.18. The SMILES string of the molecule is CCNC(=O)COc1ccc(Cl)cc1CNC(=O)Cc1c(C)ccn(NCc2c(C)nn(C)c2Cl)c1=O. The minimum atomic E-state index is -0.348. The highest BCUT2D eigenvalue weighted by Crippen LogP contribution is 2.23. The highest BCUT2D eigenvalue weighted by atomic mass is 35.5. The number of benzene rings is 1. The van der Waals surface area contributed by atoms with Crippen LogP contribution in [0.1, 0.15) is 34.9 Å². The number of nitrogens with one attached hydrogen (secondary N) is 3. The zero-order valence-corrected chi connectivity index (χ0v) is 22.7. The van der Waals surface area contributed by atoms with Crippen LogP contribution in [0.5, 0.6) is 5.75 Å². The molecule has 3 aromatic rings. The van der Waals surface area contributed by atoms with Crippen molar-refractivity contribution in [2.75, 3.05) is 18.6 Å². The quantitative estimate of drug-likeness (QED) is 0.339. The zero-order valence-electron chi connectivity index (χ0n) is 21.2. The minimum absolute atomic E-state index is 0.112. The standard InChI is InChI=1S/C25H30Cl2N6O4/c1-5-28-23(35)14-37-21-7-6-18(26)10-17(21)12-29-22(34)11-19-15(2)8-9-33(25(19)36)30-13-20-16(3)31-32(4)24(20)27/h6-10,30H,5,11-14H2,1-4H3,(H,28,35)(H,29,34). The average Bonchev–Trinajstić information content (AvgIpc) is 3.10. The van der Waals surface area contributed by atoms with Gasteiger partial charge in [-0.25, -0.2) is 4.68 Å². The van der Waals surface area contributed by atoms with Gasteiger partial charge in [-0.3, -0.25) is 19.1 Å². The van der Waals surface area contributed by atoms with Gasteiger partial charge in [0, 0.05) is 48.0 Å². The largest absolute Gasteiger partial charge is 0.483 e. The van der Waals surface area contributed by atoms with Crippen LogP contribution in [0.2, 0.25) is 10.2 Å². The third kappa shape index (κ3) is 7.27. The number of pyridine rings is 1. The molecule has 0 fully saturated rings. The first-order valence-corrected chi connectivity index (χ1v) is 12.4. The van der Waals surface area contributed by atoms with E-state index in [-0.39, 0.29) is 36.9 Å². The molecule has 0 bridgehead atoms. The summed E-state index contributed by atoms with van der Waals surface area (Å²) in [6, 6.07) is 6.71. The lowest BCUT2D eigenvalue weighted by Crippen LogP contribution is -2.34. The van der Waals surface area contributed by atoms with Crippen LogP contribution in [0.25, 0.3) is 0 Å². The van der Waals surface area contributed by atoms with Crippen molar-refractivity contribution in [2.45, 2.75) is 40.3 Å². The van der Waals surface area contributed by atoms with Crippen LogP contribution in [0.15, 0.2) is 35.3 Å². The molecule has 0 aliphatic heterocycles. The molecule has 0 aliphatic carbocycles. The molecule has 3 N–H and O–H groups in total. The lowest BCUT2D eigenvalue weighted by atomic mass is 10.1. The normalized spacial score (nSPS) is 10.8. The van der Waals surface area contributed by atoms with E-state index in [1.807, 2.05) is 13.8 Å². The summed E-state index contributed by atoms with van der Waals surface area (Å²) >= 11 is 12.4. The summed E-state index contributed by atoms with van der Waals surface area (Å²) in [7, 11) is 1.75. The van der Waals surface area contributed by atoms with Gasteiger partial charge in [0.1, 0.15) is 10.9 Å². The Morgan fingerprint density at radius 2 is 1.81 bits per heavy atom. The van der Waals surface area contributed by atoms with Crippen LogP contribution in [-0.4, -0.2) is 39.4 Å². The number of halogens is 2. The maximum atomic E-state index is 13.1. The van der Waals surface area contributed by atoms with Crippen molar-refractivity contribution < 1.29 is 14.3 Å². The third-order valence-electron chi connectivity index (χ3n) is 5.69. The van der Waals surface area contributed by atoms with Crippen molar-refractivity contribution in [3.63, 3.8) is 0 Å². The van der Waals surface area contributed by atoms with E-state index in [2.05, 4.69) is 21.2 Å². The summed E-state index contributed by atoms with van der Waals surface area (Å²) < 4.78 is 8.50. The van der Waals surface area contributed by atoms with E-state index >= 15 is 0 Å². The second kappa shape index (κ2) is 12.6. The summed E-state index contributed by atoms with van der Waals surface area (Å²) in [5.74, 6) is -0.167. The predicted molar refractivity (Wildman–Crippen MR) is 143 cm³/mol. The Labute approximate surface area is 224 Å². The molecule has 0 atom stereocenters. The maximum Gasteiger partial charge on any atom is 0.272 e. The van der Waals surface area contributed by atoms with Crippen LogP contribution < -0.4 is 26.4 Å². The number of aromatic nitrogens is 3. The molecule has 2 aromatic heterocycles. The van der Waals surface area contributed by atoms with Gasteiger partial charge in [0.05, 0.1) is 18.7 Å². The molecule has 0 radical (unpaired) electrons. The number of hydrogen-bond donors (Lipinski definition) is 3. The van der Waals surface area contributed by atoms with Gasteiger partial charge < -0.3 is 20.8 Å². The van der Waals surface area contributed by atoms with E-state index in [1.54, 1.807) is 49.1 Å². The number of rotatable bonds is 11. The summed E-state index contributed by atoms with van der Waals surface area (Å²) in [5.41, 5.74) is 5.91. The number of carbonyl (C=O) groups is 2. The molecule has 10 nitrogen and oxygen atoms in total. The van der Waals surface area contributed by atoms with E-state index < -0.39 is 0 Å². The van der Waals surface area contributed by atoms with Gasteiger partial charge in [0.15, 0.2) is 6.61 Å². The van der Waals surface area contributed by atoms with Crippen molar-refractivity contribution in [1.82, 2.24) is 25.1 Å². The first-order chi connectivity index (χ1) is 17.6. The van der Waals surface area contributed by atoms with Crippen LogP contribution in [0.4, 0.5) is 0 Å². The second-order valence-electron chi connectivity index (χ2n) is 8.41. The molecule has 198 valence electrons. The van der Waals surface area contributed by atoms with Crippen molar-refractivity contribution in [3.05, 3.63) is 78.9 Å². The molecule has 0 saturated carbocycles. The highest BCUT2D eigenvalue weighted by molar-refractivity contribution is 6.30. The molecular weight excluding hydrogens is 519 g/mol.